The largest absolute Gasteiger partial charge is 0.496 e. The molecule has 0 saturated carbocycles. The highest BCUT2D eigenvalue weighted by Crippen LogP contribution is 2.42. The molecule has 4 atom stereocenters. The number of hydrogen-bond donors (Lipinski definition) is 6. The Labute approximate surface area is 651 Å². The number of ether oxygens (including phenoxy) is 6. The van der Waals surface area contributed by atoms with E-state index < -0.39 is 0 Å². The minimum atomic E-state index is -0.299. The Kier molecular flexibility index (Phi) is 41.6. The van der Waals surface area contributed by atoms with E-state index in [0.29, 0.717) is 146 Å². The average molecular weight is 1520 g/mol. The number of benzene rings is 3. The molecule has 0 spiro atoms. The van der Waals surface area contributed by atoms with Crippen LogP contribution in [-0.4, -0.2) is 145 Å². The molecule has 0 aliphatic rings. The van der Waals surface area contributed by atoms with E-state index in [1.165, 1.54) is 0 Å². The van der Waals surface area contributed by atoms with Gasteiger partial charge in [-0.25, -0.2) is 0 Å². The molecule has 0 fully saturated rings. The third kappa shape index (κ3) is 30.4. The van der Waals surface area contributed by atoms with Crippen molar-refractivity contribution in [2.45, 2.75) is 244 Å². The Hall–Kier alpha value is -9.09. The van der Waals surface area contributed by atoms with E-state index in [1.807, 2.05) is 75.6 Å². The summed E-state index contributed by atoms with van der Waals surface area (Å²) in [5.74, 6) is 4.95. The van der Waals surface area contributed by atoms with Gasteiger partial charge in [0.1, 0.15) is 34.5 Å². The number of amides is 6. The highest BCUT2D eigenvalue weighted by atomic mass is 16.5. The van der Waals surface area contributed by atoms with Gasteiger partial charge in [-0.1, -0.05) is 167 Å². The predicted molar refractivity (Wildman–Crippen MR) is 435 cm³/mol. The summed E-state index contributed by atoms with van der Waals surface area (Å²) in [6.45, 7) is 35.5. The first-order valence-corrected chi connectivity index (χ1v) is 39.8. The van der Waals surface area contributed by atoms with Crippen LogP contribution in [0.25, 0.3) is 33.8 Å². The summed E-state index contributed by atoms with van der Waals surface area (Å²) in [7, 11) is 9.69. The maximum absolute atomic E-state index is 13.5. The standard InChI is InChI=1S/C30H48N4O4.C29H46N4O4.C26H40N4O4/c1-8-11-12-16-31-28(35)18-23(17-21(4)5)32-30(36)24-19-25(34(33-24)20-22(9-2)10-3)29-26(37-6)14-13-15-27(29)38-7;1-8-10-11-15-30-27(34)17-22(16-20(3)4)31-29(35)23-18-24(33(32-23)19-21(5)9-2)28-25(36-6)13-12-14-26(28)37-7;1-8-12-27-24(31)14-19(13-17(2)3)28-26(32)20-15-21(30(29-20)16-18(4)5)25-22(33-6)10-9-11-23(25)34-7/h13-15,19,21-23H,8-12,16-18,20H2,1-7H3,(H,31,35)(H,32,36);12-14,18,20-22H,8-11,15-17,19H2,1-7H3,(H,30,34)(H,31,35);9-11,15,17-19H,8,12-14,16H2,1-7H3,(H,27,31)(H,28,32)/t23-;21?,22-;19-/m000/s1. The van der Waals surface area contributed by atoms with Gasteiger partial charge in [0, 0.05) is 76.7 Å². The highest BCUT2D eigenvalue weighted by molar-refractivity contribution is 5.96. The van der Waals surface area contributed by atoms with Crippen molar-refractivity contribution in [2.24, 2.45) is 35.5 Å². The van der Waals surface area contributed by atoms with Crippen molar-refractivity contribution >= 4 is 35.4 Å². The molecule has 0 aliphatic carbocycles. The lowest BCUT2D eigenvalue weighted by Crippen LogP contribution is -2.40. The van der Waals surface area contributed by atoms with E-state index >= 15 is 0 Å². The second-order valence-electron chi connectivity index (χ2n) is 30.0. The Morgan fingerprint density at radius 1 is 0.367 bits per heavy atom. The molecule has 6 amide bonds. The Bertz CT molecular complexity index is 3650. The van der Waals surface area contributed by atoms with Crippen LogP contribution in [0.15, 0.2) is 72.8 Å². The summed E-state index contributed by atoms with van der Waals surface area (Å²) in [5.41, 5.74) is 5.46. The molecule has 3 aromatic heterocycles. The molecule has 109 heavy (non-hydrogen) atoms. The fourth-order valence-electron chi connectivity index (χ4n) is 12.9. The number of nitrogens with zero attached hydrogens (tertiary/aromatic N) is 6. The van der Waals surface area contributed by atoms with Gasteiger partial charge in [-0.15, -0.1) is 0 Å². The fourth-order valence-corrected chi connectivity index (χ4v) is 12.9. The third-order valence-electron chi connectivity index (χ3n) is 18.7. The second-order valence-corrected chi connectivity index (χ2v) is 30.0. The molecule has 606 valence electrons. The number of aromatic nitrogens is 6. The number of carbonyl (C=O) groups excluding carboxylic acids is 6. The molecule has 3 heterocycles. The van der Waals surface area contributed by atoms with Crippen molar-refractivity contribution in [1.29, 1.82) is 0 Å². The normalized spacial score (nSPS) is 12.3. The van der Waals surface area contributed by atoms with Crippen LogP contribution < -0.4 is 60.3 Å². The van der Waals surface area contributed by atoms with Crippen LogP contribution in [-0.2, 0) is 34.0 Å². The SMILES string of the molecule is CCCCCNC(=O)C[C@H](CC(C)C)NC(=O)c1cc(-c2c(OC)cccc2OC)n(CC(C)CC)n1.CCCCCNC(=O)C[C@H](CC(C)C)NC(=O)c1cc(-c2c(OC)cccc2OC)n(CC(CC)CC)n1.CCCNC(=O)C[C@H](CC(C)C)NC(=O)c1cc(-c2c(OC)cccc2OC)n(CC(C)C)n1. The second kappa shape index (κ2) is 49.1. The summed E-state index contributed by atoms with van der Waals surface area (Å²) in [6.07, 6.45) is 13.0. The van der Waals surface area contributed by atoms with E-state index in [1.54, 1.807) is 60.9 Å². The summed E-state index contributed by atoms with van der Waals surface area (Å²) in [5, 5.41) is 32.1. The number of nitrogens with one attached hydrogen (secondary N) is 6. The molecule has 3 aromatic carbocycles. The zero-order valence-corrected chi connectivity index (χ0v) is 69.8. The van der Waals surface area contributed by atoms with Crippen molar-refractivity contribution in [3.05, 3.63) is 89.9 Å². The first-order valence-electron chi connectivity index (χ1n) is 39.8. The Balaban J connectivity index is 0.000000346. The topological polar surface area (TPSA) is 283 Å². The molecule has 0 saturated heterocycles. The van der Waals surface area contributed by atoms with Gasteiger partial charge in [0.15, 0.2) is 17.1 Å². The number of methoxy groups -OCH3 is 6. The zero-order chi connectivity index (χ0) is 80.7. The minimum absolute atomic E-state index is 0.0363. The molecule has 1 unspecified atom stereocenters. The van der Waals surface area contributed by atoms with Crippen LogP contribution in [0, 0.1) is 35.5 Å². The van der Waals surface area contributed by atoms with Gasteiger partial charge in [-0.2, -0.15) is 15.3 Å². The van der Waals surface area contributed by atoms with Crippen LogP contribution in [0.1, 0.15) is 238 Å². The molecule has 6 rings (SSSR count). The van der Waals surface area contributed by atoms with Crippen LogP contribution >= 0.6 is 0 Å². The van der Waals surface area contributed by atoms with Crippen molar-refractivity contribution in [1.82, 2.24) is 61.2 Å². The smallest absolute Gasteiger partial charge is 0.272 e. The first kappa shape index (κ1) is 92.3. The number of hydrogen-bond acceptors (Lipinski definition) is 15. The number of rotatable bonds is 46. The predicted octanol–water partition coefficient (Wildman–Crippen LogP) is 15.6. The van der Waals surface area contributed by atoms with Crippen LogP contribution in [0.4, 0.5) is 0 Å². The monoisotopic (exact) mass is 1520 g/mol. The molecule has 0 aliphatic heterocycles. The summed E-state index contributed by atoms with van der Waals surface area (Å²) >= 11 is 0. The summed E-state index contributed by atoms with van der Waals surface area (Å²) < 4.78 is 39.3. The van der Waals surface area contributed by atoms with Crippen molar-refractivity contribution in [2.75, 3.05) is 62.3 Å². The lowest BCUT2D eigenvalue weighted by atomic mass is 10.0. The quantitative estimate of drug-likeness (QED) is 0.0194. The fraction of sp³-hybridized carbons (Fsp3) is 0.612. The Morgan fingerprint density at radius 3 is 0.917 bits per heavy atom. The molecular formula is C85H134N12O12. The molecule has 24 nitrogen and oxygen atoms in total. The van der Waals surface area contributed by atoms with Crippen LogP contribution in [0.5, 0.6) is 34.5 Å². The van der Waals surface area contributed by atoms with Crippen LogP contribution in [0.3, 0.4) is 0 Å². The maximum Gasteiger partial charge on any atom is 0.272 e. The molecule has 0 radical (unpaired) electrons. The minimum Gasteiger partial charge on any atom is -0.496 e. The average Bonchev–Trinajstić information content (AvgIpc) is 1.69. The molecule has 6 aromatic rings. The lowest BCUT2D eigenvalue weighted by Gasteiger charge is -2.20. The van der Waals surface area contributed by atoms with Gasteiger partial charge >= 0.3 is 0 Å². The summed E-state index contributed by atoms with van der Waals surface area (Å²) in [4.78, 5) is 77.5. The molecule has 6 N–H and O–H groups in total. The molecule has 24 heteroatoms. The molecule has 0 bridgehead atoms. The van der Waals surface area contributed by atoms with Crippen molar-refractivity contribution in [3.63, 3.8) is 0 Å². The van der Waals surface area contributed by atoms with Gasteiger partial charge < -0.3 is 60.3 Å². The van der Waals surface area contributed by atoms with E-state index in [2.05, 4.69) is 134 Å². The van der Waals surface area contributed by atoms with Gasteiger partial charge in [0.25, 0.3) is 17.7 Å². The van der Waals surface area contributed by atoms with E-state index in [9.17, 15) is 28.8 Å². The first-order chi connectivity index (χ1) is 52.2. The molecular weight excluding hydrogens is 1380 g/mol. The Morgan fingerprint density at radius 2 is 0.661 bits per heavy atom. The number of unbranched alkanes of at least 4 members (excludes halogenated alkanes) is 4. The lowest BCUT2D eigenvalue weighted by molar-refractivity contribution is -0.122. The summed E-state index contributed by atoms with van der Waals surface area (Å²) in [6, 6.07) is 21.3. The van der Waals surface area contributed by atoms with Gasteiger partial charge in [-0.3, -0.25) is 42.8 Å². The van der Waals surface area contributed by atoms with Gasteiger partial charge in [0.05, 0.1) is 76.4 Å². The highest BCUT2D eigenvalue weighted by Gasteiger charge is 2.30. The van der Waals surface area contributed by atoms with Gasteiger partial charge in [0.2, 0.25) is 17.7 Å². The maximum atomic E-state index is 13.5. The number of carbonyl (C=O) groups is 6. The third-order valence-corrected chi connectivity index (χ3v) is 18.7. The van der Waals surface area contributed by atoms with E-state index in [0.717, 1.165) is 98.0 Å². The van der Waals surface area contributed by atoms with Gasteiger partial charge in [-0.05, 0) is 129 Å². The van der Waals surface area contributed by atoms with E-state index in [-0.39, 0.29) is 72.8 Å². The van der Waals surface area contributed by atoms with Crippen molar-refractivity contribution in [3.8, 4) is 68.3 Å². The van der Waals surface area contributed by atoms with Crippen molar-refractivity contribution < 1.29 is 57.2 Å². The zero-order valence-electron chi connectivity index (χ0n) is 69.8. The van der Waals surface area contributed by atoms with E-state index in [4.69, 9.17) is 38.6 Å². The van der Waals surface area contributed by atoms with Crippen LogP contribution in [0.2, 0.25) is 0 Å².